The number of thioether (sulfide) groups is 1. The molecule has 0 radical (unpaired) electrons. The topological polar surface area (TPSA) is 266 Å². The number of imidazole rings is 1. The molecular formula is C27H43ClN7O11PS. The zero-order valence-corrected chi connectivity index (χ0v) is 28.9. The number of aliphatic hydroxyl groups excluding tert-OH is 4. The van der Waals surface area contributed by atoms with Gasteiger partial charge in [-0.05, 0) is 38.5 Å². The molecule has 270 valence electrons. The number of nitrogens with two attached hydrogens (primary N) is 1. The summed E-state index contributed by atoms with van der Waals surface area (Å²) in [7, 11) is -5.08. The minimum atomic E-state index is -5.08. The molecule has 0 bridgehead atoms. The minimum absolute atomic E-state index is 0.0917. The van der Waals surface area contributed by atoms with E-state index in [0.717, 1.165) is 24.6 Å². The van der Waals surface area contributed by atoms with Gasteiger partial charge in [0.15, 0.2) is 17.7 Å². The summed E-state index contributed by atoms with van der Waals surface area (Å²) in [5.41, 5.74) is 5.24. The summed E-state index contributed by atoms with van der Waals surface area (Å²) in [5, 5.41) is 49.0. The van der Waals surface area contributed by atoms with E-state index < -0.39 is 86.3 Å². The van der Waals surface area contributed by atoms with Crippen molar-refractivity contribution in [3.05, 3.63) is 12.7 Å². The first-order valence-electron chi connectivity index (χ1n) is 15.6. The van der Waals surface area contributed by atoms with Crippen molar-refractivity contribution >= 4 is 54.1 Å². The number of nitrogens with one attached hydrogen (secondary N) is 2. The molecular weight excluding hydrogens is 697 g/mol. The monoisotopic (exact) mass is 739 g/mol. The number of hydrogen-bond acceptors (Lipinski definition) is 16. The third-order valence-electron chi connectivity index (χ3n) is 9.03. The number of carbonyl (C=O) groups is 1. The van der Waals surface area contributed by atoms with E-state index in [1.54, 1.807) is 13.2 Å². The van der Waals surface area contributed by atoms with Crippen LogP contribution in [0.1, 0.15) is 39.3 Å². The van der Waals surface area contributed by atoms with E-state index in [4.69, 9.17) is 35.9 Å². The number of halogens is 1. The van der Waals surface area contributed by atoms with Gasteiger partial charge in [-0.25, -0.2) is 19.5 Å². The van der Waals surface area contributed by atoms with Gasteiger partial charge < -0.3 is 51.2 Å². The van der Waals surface area contributed by atoms with Gasteiger partial charge in [0.05, 0.1) is 30.4 Å². The zero-order valence-electron chi connectivity index (χ0n) is 26.5. The van der Waals surface area contributed by atoms with E-state index in [2.05, 4.69) is 32.5 Å². The van der Waals surface area contributed by atoms with Crippen LogP contribution in [0.2, 0.25) is 0 Å². The summed E-state index contributed by atoms with van der Waals surface area (Å²) < 4.78 is 36.7. The van der Waals surface area contributed by atoms with Crippen LogP contribution < -0.4 is 16.4 Å². The van der Waals surface area contributed by atoms with Crippen molar-refractivity contribution in [2.75, 3.05) is 25.1 Å². The van der Waals surface area contributed by atoms with Gasteiger partial charge in [-0.1, -0.05) is 13.3 Å². The Balaban J connectivity index is 1.25. The summed E-state index contributed by atoms with van der Waals surface area (Å²) >= 11 is 7.54. The number of phosphoric acid groups is 1. The smallest absolute Gasteiger partial charge is 0.387 e. The number of amides is 1. The predicted octanol–water partition coefficient (Wildman–Crippen LogP) is -0.770. The summed E-state index contributed by atoms with van der Waals surface area (Å²) in [6, 6.07) is -1.46. The number of fused-ring (bicyclic) bond motifs is 1. The molecule has 3 fully saturated rings. The molecule has 5 heterocycles. The van der Waals surface area contributed by atoms with Crippen LogP contribution in [0.15, 0.2) is 12.7 Å². The molecule has 1 unspecified atom stereocenters. The van der Waals surface area contributed by atoms with Gasteiger partial charge in [-0.2, -0.15) is 0 Å². The molecule has 0 aromatic carbocycles. The molecule has 2 aromatic heterocycles. The Morgan fingerprint density at radius 1 is 1.23 bits per heavy atom. The van der Waals surface area contributed by atoms with E-state index in [1.807, 2.05) is 0 Å². The maximum atomic E-state index is 13.3. The van der Waals surface area contributed by atoms with E-state index >= 15 is 0 Å². The minimum Gasteiger partial charge on any atom is -0.387 e. The second kappa shape index (κ2) is 15.7. The maximum Gasteiger partial charge on any atom is 0.472 e. The molecule has 0 spiro atoms. The van der Waals surface area contributed by atoms with Crippen LogP contribution >= 0.6 is 31.2 Å². The maximum absolute atomic E-state index is 13.3. The summed E-state index contributed by atoms with van der Waals surface area (Å²) in [4.78, 5) is 36.0. The molecule has 0 aliphatic carbocycles. The number of alkyl halides is 1. The Kier molecular flexibility index (Phi) is 12.3. The Bertz CT molecular complexity index is 1460. The highest BCUT2D eigenvalue weighted by molar-refractivity contribution is 7.99. The van der Waals surface area contributed by atoms with Crippen LogP contribution in [-0.4, -0.2) is 136 Å². The molecule has 48 heavy (non-hydrogen) atoms. The molecule has 1 amide bonds. The highest BCUT2D eigenvalue weighted by Crippen LogP contribution is 2.48. The number of aliphatic hydroxyl groups is 4. The normalized spacial score (nSPS) is 36.8. The van der Waals surface area contributed by atoms with E-state index in [0.29, 0.717) is 18.9 Å². The quantitative estimate of drug-likeness (QED) is 0.0981. The fraction of sp³-hybridized carbons (Fsp3) is 0.778. The number of piperidine rings is 1. The number of nitrogen functional groups attached to an aromatic ring is 1. The SMILES string of the molecule is CC[C@H]1CCN[C@H](C(=O)N[C@@H]([C@H]2O[C@H](SC)[C@H](O)[C@@H](OP(=O)(O)OC[C@H]3O[C@@H](n4cnc5c(N)ncnc54)[C@H](O)[C@@H]3O)[C@H]2O)[C@H](C)Cl)C1. The van der Waals surface area contributed by atoms with E-state index in [9.17, 15) is 34.7 Å². The Morgan fingerprint density at radius 3 is 2.67 bits per heavy atom. The van der Waals surface area contributed by atoms with Crippen LogP contribution in [0.4, 0.5) is 5.82 Å². The third-order valence-corrected chi connectivity index (χ3v) is 11.1. The van der Waals surface area contributed by atoms with Crippen molar-refractivity contribution in [2.24, 2.45) is 5.92 Å². The van der Waals surface area contributed by atoms with Gasteiger partial charge in [0, 0.05) is 0 Å². The largest absolute Gasteiger partial charge is 0.472 e. The van der Waals surface area contributed by atoms with Crippen LogP contribution in [0.3, 0.4) is 0 Å². The average molecular weight is 740 g/mol. The molecule has 0 saturated carbocycles. The Hall–Kier alpha value is -1.71. The van der Waals surface area contributed by atoms with Crippen LogP contribution in [-0.2, 0) is 27.9 Å². The van der Waals surface area contributed by atoms with Crippen molar-refractivity contribution in [3.63, 3.8) is 0 Å². The van der Waals surface area contributed by atoms with Gasteiger partial charge in [-0.3, -0.25) is 18.4 Å². The van der Waals surface area contributed by atoms with Crippen LogP contribution in [0.5, 0.6) is 0 Å². The number of hydrogen-bond donors (Lipinski definition) is 8. The summed E-state index contributed by atoms with van der Waals surface area (Å²) in [6.45, 7) is 3.61. The van der Waals surface area contributed by atoms with Crippen molar-refractivity contribution in [3.8, 4) is 0 Å². The summed E-state index contributed by atoms with van der Waals surface area (Å²) in [6.07, 6.45) is -5.34. The molecule has 9 N–H and O–H groups in total. The van der Waals surface area contributed by atoms with E-state index in [1.165, 1.54) is 17.2 Å². The first-order valence-corrected chi connectivity index (χ1v) is 18.8. The Labute approximate surface area is 285 Å². The van der Waals surface area contributed by atoms with Gasteiger partial charge in [0.1, 0.15) is 60.0 Å². The van der Waals surface area contributed by atoms with Crippen molar-refractivity contribution in [2.45, 2.75) is 105 Å². The second-order valence-corrected chi connectivity index (χ2v) is 15.2. The molecule has 3 aliphatic heterocycles. The van der Waals surface area contributed by atoms with E-state index in [-0.39, 0.29) is 22.9 Å². The third kappa shape index (κ3) is 7.93. The van der Waals surface area contributed by atoms with Gasteiger partial charge in [0.2, 0.25) is 5.91 Å². The number of carbonyl (C=O) groups excluding carboxylic acids is 1. The molecule has 21 heteroatoms. The number of ether oxygens (including phenoxy) is 2. The lowest BCUT2D eigenvalue weighted by Gasteiger charge is -2.45. The first-order chi connectivity index (χ1) is 22.8. The lowest BCUT2D eigenvalue weighted by atomic mass is 9.89. The van der Waals surface area contributed by atoms with Crippen molar-refractivity contribution in [1.29, 1.82) is 0 Å². The molecule has 5 rings (SSSR count). The molecule has 3 saturated heterocycles. The number of rotatable bonds is 12. The number of anilines is 1. The molecule has 18 nitrogen and oxygen atoms in total. The van der Waals surface area contributed by atoms with Crippen molar-refractivity contribution < 1.29 is 53.2 Å². The molecule has 14 atom stereocenters. The van der Waals surface area contributed by atoms with Gasteiger partial charge >= 0.3 is 7.82 Å². The standard InChI is InChI=1S/C27H43ClN7O11PS/c1-4-12-5-6-30-13(7-12)25(40)34-15(11(2)28)21-19(38)22(20(39)27(45-21)48-3)46-47(41,42)43-8-14-17(36)18(37)26(44-14)35-10-33-16-23(29)31-9-32-24(16)35/h9-15,17-22,26-27,30,36-39H,4-8H2,1-3H3,(H,34,40)(H,41,42)(H2,29,31,32)/t11-,12-,13-,14+,15+,17+,18+,19-,20+,21+,22-,26+,27+/m0/s1. The second-order valence-electron chi connectivity index (χ2n) is 12.2. The fourth-order valence-corrected chi connectivity index (χ4v) is 8.10. The fourth-order valence-electron chi connectivity index (χ4n) is 6.27. The molecule has 2 aromatic rings. The first kappa shape index (κ1) is 37.5. The lowest BCUT2D eigenvalue weighted by Crippen LogP contribution is -2.65. The van der Waals surface area contributed by atoms with Crippen LogP contribution in [0.25, 0.3) is 11.2 Å². The Morgan fingerprint density at radius 2 is 1.98 bits per heavy atom. The lowest BCUT2D eigenvalue weighted by molar-refractivity contribution is -0.202. The number of aromatic nitrogens is 4. The summed E-state index contributed by atoms with van der Waals surface area (Å²) in [5.74, 6) is 0.133. The molecule has 3 aliphatic rings. The number of nitrogens with zero attached hydrogens (tertiary/aromatic N) is 4. The van der Waals surface area contributed by atoms with Gasteiger partial charge in [0.25, 0.3) is 0 Å². The highest BCUT2D eigenvalue weighted by atomic mass is 35.5. The highest BCUT2D eigenvalue weighted by Gasteiger charge is 2.52. The van der Waals surface area contributed by atoms with Crippen LogP contribution in [0, 0.1) is 5.92 Å². The average Bonchev–Trinajstić information content (AvgIpc) is 3.62. The number of phosphoric ester groups is 1. The zero-order chi connectivity index (χ0) is 34.9. The van der Waals surface area contributed by atoms with Crippen molar-refractivity contribution in [1.82, 2.24) is 30.2 Å². The predicted molar refractivity (Wildman–Crippen MR) is 173 cm³/mol. The van der Waals surface area contributed by atoms with Gasteiger partial charge in [-0.15, -0.1) is 23.4 Å².